The summed E-state index contributed by atoms with van der Waals surface area (Å²) < 4.78 is 25.6. The molecular weight excluding hydrogens is 574 g/mol. The van der Waals surface area contributed by atoms with Gasteiger partial charge < -0.3 is 39.2 Å². The van der Waals surface area contributed by atoms with E-state index < -0.39 is 12.1 Å². The maximum absolute atomic E-state index is 11.9. The smallest absolute Gasteiger partial charge is 0.407 e. The molecule has 0 aliphatic heterocycles. The van der Waals surface area contributed by atoms with Crippen LogP contribution in [0.4, 0.5) is 4.79 Å². The van der Waals surface area contributed by atoms with Crippen LogP contribution in [0.3, 0.4) is 0 Å². The van der Waals surface area contributed by atoms with Crippen LogP contribution < -0.4 is 10.6 Å². The molecule has 0 aromatic carbocycles. The molecule has 2 amide bonds. The molecule has 0 heterocycles. The van der Waals surface area contributed by atoms with E-state index in [0.717, 1.165) is 51.4 Å². The van der Waals surface area contributed by atoms with Gasteiger partial charge in [0.1, 0.15) is 13.2 Å². The zero-order valence-electron chi connectivity index (χ0n) is 27.5. The number of hydrogen-bond donors (Lipinski definition) is 2. The van der Waals surface area contributed by atoms with Crippen molar-refractivity contribution in [1.29, 1.82) is 0 Å². The van der Waals surface area contributed by atoms with Crippen LogP contribution in [0.25, 0.3) is 0 Å². The minimum Gasteiger partial charge on any atom is -0.466 e. The van der Waals surface area contributed by atoms with Gasteiger partial charge in [0.15, 0.2) is 0 Å². The Labute approximate surface area is 263 Å². The van der Waals surface area contributed by atoms with Crippen molar-refractivity contribution in [3.63, 3.8) is 0 Å². The van der Waals surface area contributed by atoms with Crippen LogP contribution in [-0.2, 0) is 42.9 Å². The summed E-state index contributed by atoms with van der Waals surface area (Å²) in [5.74, 6) is -0.844. The van der Waals surface area contributed by atoms with E-state index in [4.69, 9.17) is 23.7 Å². The molecule has 256 valence electrons. The normalized spacial score (nSPS) is 10.9. The van der Waals surface area contributed by atoms with Crippen molar-refractivity contribution < 1.29 is 47.7 Å². The van der Waals surface area contributed by atoms with Gasteiger partial charge in [-0.1, -0.05) is 19.3 Å². The zero-order chi connectivity index (χ0) is 32.8. The van der Waals surface area contributed by atoms with Crippen LogP contribution in [0, 0.1) is 0 Å². The average molecular weight is 632 g/mol. The largest absolute Gasteiger partial charge is 0.466 e. The average Bonchev–Trinajstić information content (AvgIpc) is 2.98. The molecule has 13 heteroatoms. The molecule has 0 radical (unpaired) electrons. The number of hydrogen-bond acceptors (Lipinski definition) is 11. The molecule has 0 bridgehead atoms. The first-order chi connectivity index (χ1) is 21.1. The predicted molar refractivity (Wildman–Crippen MR) is 165 cm³/mol. The van der Waals surface area contributed by atoms with E-state index in [2.05, 4.69) is 10.6 Å². The van der Waals surface area contributed by atoms with Crippen molar-refractivity contribution in [3.8, 4) is 0 Å². The number of esters is 3. The molecular formula is C31H57N3O10. The summed E-state index contributed by atoms with van der Waals surface area (Å²) in [7, 11) is 1.83. The number of nitrogens with one attached hydrogen (secondary N) is 2. The van der Waals surface area contributed by atoms with E-state index in [1.807, 2.05) is 25.8 Å². The van der Waals surface area contributed by atoms with Crippen LogP contribution in [0.5, 0.6) is 0 Å². The molecule has 0 aliphatic carbocycles. The highest BCUT2D eigenvalue weighted by molar-refractivity contribution is 5.76. The van der Waals surface area contributed by atoms with Crippen molar-refractivity contribution >= 4 is 29.9 Å². The number of nitrogens with zero attached hydrogens (tertiary/aromatic N) is 1. The minimum atomic E-state index is -0.557. The molecule has 13 nitrogen and oxygen atoms in total. The highest BCUT2D eigenvalue weighted by Gasteiger charge is 2.09. The van der Waals surface area contributed by atoms with Gasteiger partial charge in [0.25, 0.3) is 0 Å². The number of alkyl carbamates (subject to hydrolysis) is 1. The highest BCUT2D eigenvalue weighted by Crippen LogP contribution is 2.07. The Kier molecular flexibility index (Phi) is 26.9. The van der Waals surface area contributed by atoms with Crippen molar-refractivity contribution in [3.05, 3.63) is 0 Å². The Morgan fingerprint density at radius 2 is 1.16 bits per heavy atom. The molecule has 2 N–H and O–H groups in total. The fraction of sp³-hybridized carbons (Fsp3) is 0.839. The van der Waals surface area contributed by atoms with Crippen molar-refractivity contribution in [2.24, 2.45) is 0 Å². The molecule has 0 unspecified atom stereocenters. The maximum Gasteiger partial charge on any atom is 0.407 e. The number of unbranched alkanes of at least 4 members (excludes halogenated alkanes) is 6. The van der Waals surface area contributed by atoms with E-state index in [1.165, 1.54) is 0 Å². The van der Waals surface area contributed by atoms with Gasteiger partial charge in [-0.2, -0.15) is 0 Å². The molecule has 0 aliphatic rings. The standard InChI is InChI=1S/C31H57N3O10/c1-5-40-28(36)14-11-9-13-22-42-29(37)15-10-7-6-8-12-18-33-31(39)44-25-24-43-30(38)17-21-34(4)20-16-27(35)32-19-23-41-26(2)3/h26H,5-25H2,1-4H3,(H,32,35)(H,33,39). The second kappa shape index (κ2) is 28.8. The van der Waals surface area contributed by atoms with Crippen LogP contribution >= 0.6 is 0 Å². The van der Waals surface area contributed by atoms with Gasteiger partial charge >= 0.3 is 24.0 Å². The summed E-state index contributed by atoms with van der Waals surface area (Å²) in [6.07, 6.45) is 7.49. The molecule has 0 saturated carbocycles. The Hall–Kier alpha value is -2.93. The zero-order valence-corrected chi connectivity index (χ0v) is 27.5. The van der Waals surface area contributed by atoms with Gasteiger partial charge in [0.05, 0.1) is 32.3 Å². The van der Waals surface area contributed by atoms with Crippen molar-refractivity contribution in [2.45, 2.75) is 104 Å². The first-order valence-corrected chi connectivity index (χ1v) is 16.1. The fourth-order valence-corrected chi connectivity index (χ4v) is 3.83. The molecule has 0 saturated heterocycles. The van der Waals surface area contributed by atoms with Gasteiger partial charge in [-0.3, -0.25) is 19.2 Å². The summed E-state index contributed by atoms with van der Waals surface area (Å²) >= 11 is 0. The Morgan fingerprint density at radius 3 is 1.86 bits per heavy atom. The van der Waals surface area contributed by atoms with E-state index in [0.29, 0.717) is 65.3 Å². The maximum atomic E-state index is 11.9. The Bertz CT molecular complexity index is 795. The SMILES string of the molecule is CCOC(=O)CCCCCOC(=O)CCCCCCCNC(=O)OCCOC(=O)CCN(C)CCC(=O)NCCOC(C)C. The second-order valence-corrected chi connectivity index (χ2v) is 10.7. The summed E-state index contributed by atoms with van der Waals surface area (Å²) in [5.41, 5.74) is 0. The third kappa shape index (κ3) is 29.2. The number of carbonyl (C=O) groups excluding carboxylic acids is 5. The van der Waals surface area contributed by atoms with Gasteiger partial charge in [-0.25, -0.2) is 4.79 Å². The number of ether oxygens (including phenoxy) is 5. The highest BCUT2D eigenvalue weighted by atomic mass is 16.6. The van der Waals surface area contributed by atoms with Crippen molar-refractivity contribution in [2.75, 3.05) is 66.3 Å². The molecule has 0 aromatic rings. The summed E-state index contributed by atoms with van der Waals surface area (Å²) in [5, 5.41) is 5.46. The van der Waals surface area contributed by atoms with Crippen LogP contribution in [0.1, 0.15) is 97.8 Å². The lowest BCUT2D eigenvalue weighted by atomic mass is 10.1. The Morgan fingerprint density at radius 1 is 0.591 bits per heavy atom. The van der Waals surface area contributed by atoms with Gasteiger partial charge in [0, 0.05) is 45.4 Å². The Balaban J connectivity index is 3.54. The summed E-state index contributed by atoms with van der Waals surface area (Å²) in [6.45, 7) is 8.78. The molecule has 44 heavy (non-hydrogen) atoms. The van der Waals surface area contributed by atoms with E-state index in [-0.39, 0.29) is 43.6 Å². The first kappa shape index (κ1) is 41.1. The number of rotatable bonds is 28. The van der Waals surface area contributed by atoms with Crippen LogP contribution in [0.15, 0.2) is 0 Å². The quantitative estimate of drug-likeness (QED) is 0.0739. The third-order valence-electron chi connectivity index (χ3n) is 6.29. The number of carbonyl (C=O) groups is 5. The first-order valence-electron chi connectivity index (χ1n) is 16.1. The molecule has 0 spiro atoms. The van der Waals surface area contributed by atoms with Crippen LogP contribution in [0.2, 0.25) is 0 Å². The molecule has 0 rings (SSSR count). The summed E-state index contributed by atoms with van der Waals surface area (Å²) in [4.78, 5) is 60.4. The lowest BCUT2D eigenvalue weighted by Crippen LogP contribution is -2.32. The molecule has 0 fully saturated rings. The van der Waals surface area contributed by atoms with Gasteiger partial charge in [-0.15, -0.1) is 0 Å². The topological polar surface area (TPSA) is 159 Å². The molecule has 0 atom stereocenters. The van der Waals surface area contributed by atoms with Crippen LogP contribution in [-0.4, -0.2) is 107 Å². The second-order valence-electron chi connectivity index (χ2n) is 10.7. The minimum absolute atomic E-state index is 0.0191. The van der Waals surface area contributed by atoms with E-state index >= 15 is 0 Å². The van der Waals surface area contributed by atoms with E-state index in [1.54, 1.807) is 6.92 Å². The predicted octanol–water partition coefficient (Wildman–Crippen LogP) is 3.52. The lowest BCUT2D eigenvalue weighted by Gasteiger charge is -2.16. The van der Waals surface area contributed by atoms with Gasteiger partial charge in [0.2, 0.25) is 5.91 Å². The lowest BCUT2D eigenvalue weighted by molar-refractivity contribution is -0.145. The molecule has 0 aromatic heterocycles. The number of amides is 2. The third-order valence-corrected chi connectivity index (χ3v) is 6.29. The van der Waals surface area contributed by atoms with Crippen molar-refractivity contribution in [1.82, 2.24) is 15.5 Å². The van der Waals surface area contributed by atoms with E-state index in [9.17, 15) is 24.0 Å². The summed E-state index contributed by atoms with van der Waals surface area (Å²) in [6, 6.07) is 0. The fourth-order valence-electron chi connectivity index (χ4n) is 3.83. The van der Waals surface area contributed by atoms with Gasteiger partial charge in [-0.05, 0) is 59.9 Å². The monoisotopic (exact) mass is 631 g/mol.